The SMILES string of the molecule is Br.CCN(CC)CCOc1ccc([N+](=O)[O-])cc1-c1ccccc1C=O. The summed E-state index contributed by atoms with van der Waals surface area (Å²) >= 11 is 0. The number of nitrogens with zero attached hydrogens (tertiary/aromatic N) is 2. The minimum Gasteiger partial charge on any atom is -0.492 e. The lowest BCUT2D eigenvalue weighted by molar-refractivity contribution is -0.384. The van der Waals surface area contributed by atoms with E-state index in [-0.39, 0.29) is 22.7 Å². The Morgan fingerprint density at radius 2 is 1.81 bits per heavy atom. The number of non-ortho nitro benzene ring substituents is 1. The van der Waals surface area contributed by atoms with Crippen LogP contribution in [0.1, 0.15) is 24.2 Å². The van der Waals surface area contributed by atoms with Crippen LogP contribution in [-0.2, 0) is 0 Å². The standard InChI is InChI=1S/C19H22N2O4.BrH/c1-3-20(4-2)11-12-25-19-10-9-16(21(23)24)13-18(19)17-8-6-5-7-15(17)14-22;/h5-10,13-14H,3-4,11-12H2,1-2H3;1H. The van der Waals surface area contributed by atoms with Crippen molar-refractivity contribution in [2.45, 2.75) is 13.8 Å². The Labute approximate surface area is 163 Å². The van der Waals surface area contributed by atoms with E-state index < -0.39 is 4.92 Å². The van der Waals surface area contributed by atoms with Crippen molar-refractivity contribution < 1.29 is 14.5 Å². The smallest absolute Gasteiger partial charge is 0.270 e. The van der Waals surface area contributed by atoms with E-state index in [1.165, 1.54) is 12.1 Å². The fourth-order valence-corrected chi connectivity index (χ4v) is 2.64. The predicted octanol–water partition coefficient (Wildman–Crippen LogP) is 4.37. The Bertz CT molecular complexity index is 748. The van der Waals surface area contributed by atoms with Crippen LogP contribution in [0.5, 0.6) is 5.75 Å². The maximum atomic E-state index is 11.3. The number of rotatable bonds is 9. The van der Waals surface area contributed by atoms with E-state index >= 15 is 0 Å². The molecule has 0 bridgehead atoms. The van der Waals surface area contributed by atoms with Crippen LogP contribution in [0.4, 0.5) is 5.69 Å². The highest BCUT2D eigenvalue weighted by Gasteiger charge is 2.16. The van der Waals surface area contributed by atoms with E-state index in [0.29, 0.717) is 29.0 Å². The Kier molecular flexibility index (Phi) is 8.95. The number of aldehydes is 1. The molecule has 2 aromatic carbocycles. The van der Waals surface area contributed by atoms with Gasteiger partial charge in [0.15, 0.2) is 6.29 Å². The van der Waals surface area contributed by atoms with Gasteiger partial charge in [0.2, 0.25) is 0 Å². The molecule has 0 amide bonds. The third kappa shape index (κ3) is 5.37. The Hall–Kier alpha value is -2.25. The Morgan fingerprint density at radius 1 is 1.12 bits per heavy atom. The second kappa shape index (κ2) is 10.7. The van der Waals surface area contributed by atoms with Crippen molar-refractivity contribution in [2.24, 2.45) is 0 Å². The highest BCUT2D eigenvalue weighted by Crippen LogP contribution is 2.35. The predicted molar refractivity (Wildman–Crippen MR) is 108 cm³/mol. The fraction of sp³-hybridized carbons (Fsp3) is 0.316. The molecular weight excluding hydrogens is 400 g/mol. The second-order valence-corrected chi connectivity index (χ2v) is 5.52. The molecule has 6 nitrogen and oxygen atoms in total. The largest absolute Gasteiger partial charge is 0.492 e. The summed E-state index contributed by atoms with van der Waals surface area (Å²) in [6, 6.07) is 11.5. The summed E-state index contributed by atoms with van der Waals surface area (Å²) in [5.41, 5.74) is 1.61. The first kappa shape index (κ1) is 21.8. The lowest BCUT2D eigenvalue weighted by atomic mass is 9.99. The first-order valence-electron chi connectivity index (χ1n) is 8.28. The molecule has 0 aromatic heterocycles. The van der Waals surface area contributed by atoms with E-state index in [0.717, 1.165) is 25.9 Å². The van der Waals surface area contributed by atoms with Gasteiger partial charge in [-0.3, -0.25) is 14.9 Å². The molecule has 26 heavy (non-hydrogen) atoms. The highest BCUT2D eigenvalue weighted by atomic mass is 79.9. The van der Waals surface area contributed by atoms with Crippen LogP contribution in [0, 0.1) is 10.1 Å². The molecule has 0 atom stereocenters. The van der Waals surface area contributed by atoms with Crippen LogP contribution in [-0.4, -0.2) is 42.4 Å². The summed E-state index contributed by atoms with van der Waals surface area (Å²) in [6.07, 6.45) is 0.744. The minimum atomic E-state index is -0.452. The van der Waals surface area contributed by atoms with Gasteiger partial charge in [0.25, 0.3) is 5.69 Å². The van der Waals surface area contributed by atoms with Crippen LogP contribution < -0.4 is 4.74 Å². The summed E-state index contributed by atoms with van der Waals surface area (Å²) in [4.78, 5) is 24.2. The second-order valence-electron chi connectivity index (χ2n) is 5.52. The minimum absolute atomic E-state index is 0. The number of hydrogen-bond acceptors (Lipinski definition) is 5. The van der Waals surface area contributed by atoms with Crippen molar-refractivity contribution in [3.8, 4) is 16.9 Å². The van der Waals surface area contributed by atoms with Gasteiger partial charge in [0.05, 0.1) is 4.92 Å². The van der Waals surface area contributed by atoms with Crippen LogP contribution in [0.15, 0.2) is 42.5 Å². The quantitative estimate of drug-likeness (QED) is 0.340. The van der Waals surface area contributed by atoms with Crippen molar-refractivity contribution in [1.29, 1.82) is 0 Å². The van der Waals surface area contributed by atoms with E-state index in [9.17, 15) is 14.9 Å². The average molecular weight is 423 g/mol. The lowest BCUT2D eigenvalue weighted by Crippen LogP contribution is -2.28. The number of nitro benzene ring substituents is 1. The molecule has 0 aliphatic rings. The molecule has 0 radical (unpaired) electrons. The van der Waals surface area contributed by atoms with E-state index in [4.69, 9.17) is 4.74 Å². The van der Waals surface area contributed by atoms with Gasteiger partial charge in [0, 0.05) is 29.8 Å². The Balaban J connectivity index is 0.00000338. The molecule has 0 aliphatic carbocycles. The van der Waals surface area contributed by atoms with E-state index in [1.54, 1.807) is 30.3 Å². The molecule has 0 spiro atoms. The molecule has 0 heterocycles. The van der Waals surface area contributed by atoms with Crippen LogP contribution in [0.25, 0.3) is 11.1 Å². The topological polar surface area (TPSA) is 72.7 Å². The number of likely N-dealkylation sites (N-methyl/N-ethyl adjacent to an activating group) is 1. The molecule has 2 rings (SSSR count). The average Bonchev–Trinajstić information content (AvgIpc) is 2.65. The third-order valence-corrected chi connectivity index (χ3v) is 4.11. The molecule has 7 heteroatoms. The number of hydrogen-bond donors (Lipinski definition) is 0. The van der Waals surface area contributed by atoms with Crippen LogP contribution in [0.3, 0.4) is 0 Å². The van der Waals surface area contributed by atoms with Gasteiger partial charge in [-0.1, -0.05) is 38.1 Å². The third-order valence-electron chi connectivity index (χ3n) is 4.11. The molecule has 2 aromatic rings. The van der Waals surface area contributed by atoms with Crippen molar-refractivity contribution in [2.75, 3.05) is 26.2 Å². The first-order chi connectivity index (χ1) is 12.1. The normalized spacial score (nSPS) is 10.3. The summed E-state index contributed by atoms with van der Waals surface area (Å²) in [5, 5.41) is 11.1. The fourth-order valence-electron chi connectivity index (χ4n) is 2.64. The number of benzene rings is 2. The summed E-state index contributed by atoms with van der Waals surface area (Å²) in [6.45, 7) is 7.26. The number of ether oxygens (including phenoxy) is 1. The molecule has 140 valence electrons. The monoisotopic (exact) mass is 422 g/mol. The number of carbonyl (C=O) groups excluding carboxylic acids is 1. The van der Waals surface area contributed by atoms with Gasteiger partial charge in [-0.15, -0.1) is 17.0 Å². The molecule has 0 saturated carbocycles. The zero-order valence-corrected chi connectivity index (χ0v) is 16.6. The van der Waals surface area contributed by atoms with E-state index in [2.05, 4.69) is 18.7 Å². The van der Waals surface area contributed by atoms with Gasteiger partial charge in [-0.05, 0) is 24.7 Å². The zero-order chi connectivity index (χ0) is 18.2. The molecule has 0 aliphatic heterocycles. The first-order valence-corrected chi connectivity index (χ1v) is 8.28. The maximum Gasteiger partial charge on any atom is 0.270 e. The lowest BCUT2D eigenvalue weighted by Gasteiger charge is -2.19. The van der Waals surface area contributed by atoms with Crippen LogP contribution >= 0.6 is 17.0 Å². The summed E-state index contributed by atoms with van der Waals surface area (Å²) in [5.74, 6) is 0.534. The molecular formula is C19H23BrN2O4. The van der Waals surface area contributed by atoms with E-state index in [1.807, 2.05) is 0 Å². The maximum absolute atomic E-state index is 11.3. The van der Waals surface area contributed by atoms with Crippen LogP contribution in [0.2, 0.25) is 0 Å². The summed E-state index contributed by atoms with van der Waals surface area (Å²) < 4.78 is 5.88. The van der Waals surface area contributed by atoms with Crippen molar-refractivity contribution in [3.63, 3.8) is 0 Å². The number of nitro groups is 1. The van der Waals surface area contributed by atoms with Gasteiger partial charge < -0.3 is 9.64 Å². The molecule has 0 unspecified atom stereocenters. The molecule has 0 N–H and O–H groups in total. The van der Waals surface area contributed by atoms with Gasteiger partial charge in [0.1, 0.15) is 12.4 Å². The molecule has 0 fully saturated rings. The van der Waals surface area contributed by atoms with Crippen molar-refractivity contribution in [1.82, 2.24) is 4.90 Å². The zero-order valence-electron chi connectivity index (χ0n) is 14.9. The number of halogens is 1. The Morgan fingerprint density at radius 3 is 2.42 bits per heavy atom. The highest BCUT2D eigenvalue weighted by molar-refractivity contribution is 8.93. The summed E-state index contributed by atoms with van der Waals surface area (Å²) in [7, 11) is 0. The van der Waals surface area contributed by atoms with Crippen molar-refractivity contribution in [3.05, 3.63) is 58.1 Å². The molecule has 0 saturated heterocycles. The van der Waals surface area contributed by atoms with Gasteiger partial charge >= 0.3 is 0 Å². The number of carbonyl (C=O) groups is 1. The van der Waals surface area contributed by atoms with Gasteiger partial charge in [-0.25, -0.2) is 0 Å². The van der Waals surface area contributed by atoms with Crippen molar-refractivity contribution >= 4 is 29.0 Å². The van der Waals surface area contributed by atoms with Gasteiger partial charge in [-0.2, -0.15) is 0 Å².